The Bertz CT molecular complexity index is 351. The highest BCUT2D eigenvalue weighted by Crippen LogP contribution is 2.11. The highest BCUT2D eigenvalue weighted by molar-refractivity contribution is 5.66. The third-order valence-electron chi connectivity index (χ3n) is 3.60. The number of carbonyl (C=O) groups is 1. The smallest absolute Gasteiger partial charge is 0.303 e. The molecular weight excluding hydrogens is 296 g/mol. The topological polar surface area (TPSA) is 98.0 Å². The number of carboxylic acid groups (broad SMARTS) is 1. The summed E-state index contributed by atoms with van der Waals surface area (Å²) in [6.45, 7) is 2.02. The molecule has 0 radical (unpaired) electrons. The van der Waals surface area contributed by atoms with Crippen molar-refractivity contribution in [3.8, 4) is 0 Å². The second-order valence-electron chi connectivity index (χ2n) is 5.83. The van der Waals surface area contributed by atoms with Crippen LogP contribution < -0.4 is 0 Å². The molecular formula is C18H32O5. The second kappa shape index (κ2) is 14.4. The van der Waals surface area contributed by atoms with Crippen LogP contribution in [-0.2, 0) is 4.79 Å². The summed E-state index contributed by atoms with van der Waals surface area (Å²) in [7, 11) is 0. The molecule has 0 saturated heterocycles. The molecule has 4 N–H and O–H groups in total. The number of hydrogen-bond acceptors (Lipinski definition) is 4. The maximum Gasteiger partial charge on any atom is 0.303 e. The van der Waals surface area contributed by atoms with E-state index in [1.807, 2.05) is 19.1 Å². The molecule has 0 aromatic rings. The van der Waals surface area contributed by atoms with Gasteiger partial charge in [0.05, 0.1) is 18.3 Å². The minimum absolute atomic E-state index is 0.210. The summed E-state index contributed by atoms with van der Waals surface area (Å²) in [4.78, 5) is 10.3. The SMILES string of the molecule is CC/C=C\C[C@@H](O)/C=C/[C@@H](O)[C@@H](O)CCCCCCCC(=O)O. The fourth-order valence-electron chi connectivity index (χ4n) is 2.18. The fraction of sp³-hybridized carbons (Fsp3) is 0.722. The zero-order valence-electron chi connectivity index (χ0n) is 14.1. The molecule has 0 fully saturated rings. The molecule has 0 amide bonds. The molecule has 5 heteroatoms. The van der Waals surface area contributed by atoms with Gasteiger partial charge in [-0.05, 0) is 25.7 Å². The summed E-state index contributed by atoms with van der Waals surface area (Å²) in [5.74, 6) is -0.761. The molecule has 0 spiro atoms. The lowest BCUT2D eigenvalue weighted by atomic mass is 10.0. The third-order valence-corrected chi connectivity index (χ3v) is 3.60. The first-order valence-electron chi connectivity index (χ1n) is 8.56. The summed E-state index contributed by atoms with van der Waals surface area (Å²) in [6, 6.07) is 0. The lowest BCUT2D eigenvalue weighted by Crippen LogP contribution is -2.24. The standard InChI is InChI=1S/C18H32O5/c1-2-3-7-10-15(19)13-14-17(21)16(20)11-8-5-4-6-9-12-18(22)23/h3,7,13-17,19-21H,2,4-6,8-12H2,1H3,(H,22,23)/b7-3-,14-13+/t15-,16+,17-/m1/s1. The van der Waals surface area contributed by atoms with Gasteiger partial charge < -0.3 is 20.4 Å². The number of unbranched alkanes of at least 4 members (excludes halogenated alkanes) is 4. The summed E-state index contributed by atoms with van der Waals surface area (Å²) in [5, 5.41) is 37.8. The van der Waals surface area contributed by atoms with Crippen molar-refractivity contribution in [2.24, 2.45) is 0 Å². The van der Waals surface area contributed by atoms with E-state index < -0.39 is 24.3 Å². The van der Waals surface area contributed by atoms with E-state index in [0.29, 0.717) is 19.3 Å². The van der Waals surface area contributed by atoms with Gasteiger partial charge in [-0.1, -0.05) is 56.9 Å². The molecule has 0 heterocycles. The largest absolute Gasteiger partial charge is 0.481 e. The van der Waals surface area contributed by atoms with Gasteiger partial charge in [0.2, 0.25) is 0 Å². The van der Waals surface area contributed by atoms with Crippen LogP contribution in [0.4, 0.5) is 0 Å². The van der Waals surface area contributed by atoms with E-state index in [2.05, 4.69) is 0 Å². The zero-order chi connectivity index (χ0) is 17.5. The third kappa shape index (κ3) is 14.2. The van der Waals surface area contributed by atoms with Gasteiger partial charge in [0.1, 0.15) is 0 Å². The molecule has 134 valence electrons. The van der Waals surface area contributed by atoms with Crippen LogP contribution >= 0.6 is 0 Å². The van der Waals surface area contributed by atoms with Crippen molar-refractivity contribution in [1.29, 1.82) is 0 Å². The van der Waals surface area contributed by atoms with Crippen molar-refractivity contribution in [3.05, 3.63) is 24.3 Å². The minimum Gasteiger partial charge on any atom is -0.481 e. The predicted octanol–water partition coefficient (Wildman–Crippen LogP) is 2.80. The van der Waals surface area contributed by atoms with Crippen molar-refractivity contribution in [3.63, 3.8) is 0 Å². The first-order chi connectivity index (χ1) is 11.0. The maximum atomic E-state index is 10.3. The van der Waals surface area contributed by atoms with Crippen molar-refractivity contribution >= 4 is 5.97 Å². The maximum absolute atomic E-state index is 10.3. The molecule has 5 nitrogen and oxygen atoms in total. The van der Waals surface area contributed by atoms with E-state index in [9.17, 15) is 20.1 Å². The molecule has 0 aliphatic carbocycles. The molecule has 0 unspecified atom stereocenters. The lowest BCUT2D eigenvalue weighted by Gasteiger charge is -2.14. The summed E-state index contributed by atoms with van der Waals surface area (Å²) in [5.41, 5.74) is 0. The molecule has 0 aromatic heterocycles. The number of aliphatic carboxylic acids is 1. The highest BCUT2D eigenvalue weighted by Gasteiger charge is 2.13. The van der Waals surface area contributed by atoms with Crippen molar-refractivity contribution in [2.45, 2.75) is 83.0 Å². The normalized spacial score (nSPS) is 16.0. The lowest BCUT2D eigenvalue weighted by molar-refractivity contribution is -0.137. The molecule has 0 aliphatic rings. The number of aliphatic hydroxyl groups excluding tert-OH is 3. The van der Waals surface area contributed by atoms with Crippen LogP contribution in [0.5, 0.6) is 0 Å². The summed E-state index contributed by atoms with van der Waals surface area (Å²) >= 11 is 0. The van der Waals surface area contributed by atoms with Crippen molar-refractivity contribution < 1.29 is 25.2 Å². The molecule has 0 rings (SSSR count). The first-order valence-corrected chi connectivity index (χ1v) is 8.56. The molecule has 3 atom stereocenters. The van der Waals surface area contributed by atoms with Crippen LogP contribution in [0.25, 0.3) is 0 Å². The number of hydrogen-bond donors (Lipinski definition) is 4. The Morgan fingerprint density at radius 1 is 0.957 bits per heavy atom. The van der Waals surface area contributed by atoms with E-state index in [-0.39, 0.29) is 6.42 Å². The fourth-order valence-corrected chi connectivity index (χ4v) is 2.18. The monoisotopic (exact) mass is 328 g/mol. The molecule has 0 aliphatic heterocycles. The van der Waals surface area contributed by atoms with E-state index in [1.54, 1.807) is 0 Å². The quantitative estimate of drug-likeness (QED) is 0.290. The van der Waals surface area contributed by atoms with Gasteiger partial charge in [-0.15, -0.1) is 0 Å². The number of rotatable bonds is 14. The van der Waals surface area contributed by atoms with Crippen molar-refractivity contribution in [2.75, 3.05) is 0 Å². The van der Waals surface area contributed by atoms with Crippen LogP contribution in [0.1, 0.15) is 64.7 Å². The van der Waals surface area contributed by atoms with Crippen LogP contribution in [-0.4, -0.2) is 44.7 Å². The second-order valence-corrected chi connectivity index (χ2v) is 5.83. The Morgan fingerprint density at radius 3 is 2.26 bits per heavy atom. The van der Waals surface area contributed by atoms with E-state index >= 15 is 0 Å². The van der Waals surface area contributed by atoms with Gasteiger partial charge in [-0.2, -0.15) is 0 Å². The average molecular weight is 328 g/mol. The van der Waals surface area contributed by atoms with Gasteiger partial charge >= 0.3 is 5.97 Å². The average Bonchev–Trinajstić information content (AvgIpc) is 2.51. The summed E-state index contributed by atoms with van der Waals surface area (Å²) in [6.07, 6.45) is 10.7. The van der Waals surface area contributed by atoms with Gasteiger partial charge in [-0.3, -0.25) is 4.79 Å². The van der Waals surface area contributed by atoms with Gasteiger partial charge in [-0.25, -0.2) is 0 Å². The van der Waals surface area contributed by atoms with Gasteiger partial charge in [0, 0.05) is 6.42 Å². The Labute approximate surface area is 139 Å². The van der Waals surface area contributed by atoms with Crippen LogP contribution in [0.3, 0.4) is 0 Å². The van der Waals surface area contributed by atoms with Gasteiger partial charge in [0.15, 0.2) is 0 Å². The van der Waals surface area contributed by atoms with Crippen LogP contribution in [0.15, 0.2) is 24.3 Å². The molecule has 0 saturated carbocycles. The highest BCUT2D eigenvalue weighted by atomic mass is 16.4. The molecule has 23 heavy (non-hydrogen) atoms. The first kappa shape index (κ1) is 21.8. The Balaban J connectivity index is 3.74. The minimum atomic E-state index is -0.966. The predicted molar refractivity (Wildman–Crippen MR) is 91.2 cm³/mol. The Morgan fingerprint density at radius 2 is 1.61 bits per heavy atom. The van der Waals surface area contributed by atoms with E-state index in [4.69, 9.17) is 5.11 Å². The Kier molecular flexibility index (Phi) is 13.7. The van der Waals surface area contributed by atoms with Crippen LogP contribution in [0, 0.1) is 0 Å². The molecule has 0 bridgehead atoms. The van der Waals surface area contributed by atoms with Crippen LogP contribution in [0.2, 0.25) is 0 Å². The Hall–Kier alpha value is -1.17. The molecule has 0 aromatic carbocycles. The summed E-state index contributed by atoms with van der Waals surface area (Å²) < 4.78 is 0. The number of aliphatic hydroxyl groups is 3. The van der Waals surface area contributed by atoms with Crippen molar-refractivity contribution in [1.82, 2.24) is 0 Å². The number of carboxylic acids is 1. The van der Waals surface area contributed by atoms with E-state index in [1.165, 1.54) is 12.2 Å². The van der Waals surface area contributed by atoms with Gasteiger partial charge in [0.25, 0.3) is 0 Å². The number of allylic oxidation sites excluding steroid dienone is 1. The zero-order valence-corrected chi connectivity index (χ0v) is 14.1. The van der Waals surface area contributed by atoms with E-state index in [0.717, 1.165) is 32.1 Å².